The molecule has 19 heavy (non-hydrogen) atoms. The predicted molar refractivity (Wildman–Crippen MR) is 77.0 cm³/mol. The van der Waals surface area contributed by atoms with E-state index in [-0.39, 0.29) is 5.38 Å². The van der Waals surface area contributed by atoms with Crippen LogP contribution in [0.15, 0.2) is 18.2 Å². The third kappa shape index (κ3) is 2.90. The van der Waals surface area contributed by atoms with Crippen molar-refractivity contribution in [3.05, 3.63) is 29.3 Å². The normalized spacial score (nSPS) is 26.4. The molecule has 1 aliphatic carbocycles. The molecule has 1 aromatic rings. The largest absolute Gasteiger partial charge is 0.493 e. The molecule has 0 radical (unpaired) electrons. The number of hydrogen-bond donors (Lipinski definition) is 0. The van der Waals surface area contributed by atoms with Crippen molar-refractivity contribution < 1.29 is 9.47 Å². The summed E-state index contributed by atoms with van der Waals surface area (Å²) < 4.78 is 11.1. The molecule has 0 N–H and O–H groups in total. The van der Waals surface area contributed by atoms with E-state index in [1.807, 2.05) is 0 Å². The Labute approximate surface area is 120 Å². The van der Waals surface area contributed by atoms with Crippen LogP contribution < -0.4 is 4.74 Å². The lowest BCUT2D eigenvalue weighted by Gasteiger charge is -2.36. The van der Waals surface area contributed by atoms with Crippen LogP contribution in [0.5, 0.6) is 5.75 Å². The molecule has 3 rings (SSSR count). The van der Waals surface area contributed by atoms with Crippen LogP contribution in [0.4, 0.5) is 0 Å². The number of rotatable bonds is 5. The van der Waals surface area contributed by atoms with Crippen LogP contribution in [-0.2, 0) is 11.2 Å². The van der Waals surface area contributed by atoms with Gasteiger partial charge in [-0.25, -0.2) is 0 Å². The van der Waals surface area contributed by atoms with E-state index in [0.29, 0.717) is 6.10 Å². The Kier molecular flexibility index (Phi) is 3.99. The zero-order valence-corrected chi connectivity index (χ0v) is 12.2. The number of benzene rings is 1. The van der Waals surface area contributed by atoms with Crippen LogP contribution in [0.3, 0.4) is 0 Å². The van der Waals surface area contributed by atoms with Gasteiger partial charge in [-0.2, -0.15) is 0 Å². The van der Waals surface area contributed by atoms with Crippen molar-refractivity contribution in [3.8, 4) is 5.75 Å². The molecule has 0 saturated heterocycles. The van der Waals surface area contributed by atoms with E-state index < -0.39 is 0 Å². The first kappa shape index (κ1) is 13.3. The molecule has 1 unspecified atom stereocenters. The number of alkyl halides is 1. The minimum Gasteiger partial charge on any atom is -0.493 e. The molecule has 1 aliphatic heterocycles. The van der Waals surface area contributed by atoms with Gasteiger partial charge in [0.05, 0.1) is 18.1 Å². The Hall–Kier alpha value is -0.730. The van der Waals surface area contributed by atoms with Gasteiger partial charge in [0.25, 0.3) is 0 Å². The SMILES string of the molecule is CCOC1CC(CC(Cl)c2ccc3c(c2)CCO3)C1. The smallest absolute Gasteiger partial charge is 0.122 e. The standard InChI is InChI=1S/C16H21ClO2/c1-2-18-14-7-11(8-14)9-15(17)12-3-4-16-13(10-12)5-6-19-16/h3-4,10-11,14-15H,2,5-9H2,1H3. The molecule has 1 fully saturated rings. The Morgan fingerprint density at radius 1 is 1.42 bits per heavy atom. The van der Waals surface area contributed by atoms with Gasteiger partial charge in [0.2, 0.25) is 0 Å². The topological polar surface area (TPSA) is 18.5 Å². The van der Waals surface area contributed by atoms with Crippen LogP contribution >= 0.6 is 11.6 Å². The van der Waals surface area contributed by atoms with Gasteiger partial charge in [0, 0.05) is 13.0 Å². The fourth-order valence-corrected chi connectivity index (χ4v) is 3.46. The van der Waals surface area contributed by atoms with Crippen molar-refractivity contribution in [3.63, 3.8) is 0 Å². The minimum absolute atomic E-state index is 0.124. The second-order valence-electron chi connectivity index (χ2n) is 5.58. The monoisotopic (exact) mass is 280 g/mol. The number of hydrogen-bond acceptors (Lipinski definition) is 2. The summed E-state index contributed by atoms with van der Waals surface area (Å²) in [6.07, 6.45) is 4.90. The maximum absolute atomic E-state index is 6.56. The van der Waals surface area contributed by atoms with Gasteiger partial charge in [-0.05, 0) is 49.3 Å². The zero-order chi connectivity index (χ0) is 13.2. The lowest BCUT2D eigenvalue weighted by Crippen LogP contribution is -2.31. The second-order valence-corrected chi connectivity index (χ2v) is 6.11. The van der Waals surface area contributed by atoms with E-state index in [9.17, 15) is 0 Å². The minimum atomic E-state index is 0.124. The highest BCUT2D eigenvalue weighted by Gasteiger charge is 2.31. The Morgan fingerprint density at radius 2 is 2.26 bits per heavy atom. The van der Waals surface area contributed by atoms with Crippen LogP contribution in [0.25, 0.3) is 0 Å². The Balaban J connectivity index is 1.55. The van der Waals surface area contributed by atoms with Gasteiger partial charge in [0.1, 0.15) is 5.75 Å². The third-order valence-electron chi connectivity index (χ3n) is 4.21. The molecule has 0 amide bonds. The zero-order valence-electron chi connectivity index (χ0n) is 11.4. The van der Waals surface area contributed by atoms with E-state index in [2.05, 4.69) is 25.1 Å². The van der Waals surface area contributed by atoms with Crippen molar-refractivity contribution >= 4 is 11.6 Å². The molecular formula is C16H21ClO2. The highest BCUT2D eigenvalue weighted by molar-refractivity contribution is 6.20. The molecule has 0 bridgehead atoms. The summed E-state index contributed by atoms with van der Waals surface area (Å²) in [4.78, 5) is 0. The summed E-state index contributed by atoms with van der Waals surface area (Å²) in [5, 5.41) is 0.124. The van der Waals surface area contributed by atoms with E-state index in [1.165, 1.54) is 24.0 Å². The molecule has 1 atom stereocenters. The number of fused-ring (bicyclic) bond motifs is 1. The molecule has 104 valence electrons. The summed E-state index contributed by atoms with van der Waals surface area (Å²) in [5.74, 6) is 1.76. The molecule has 0 aromatic heterocycles. The molecular weight excluding hydrogens is 260 g/mol. The molecule has 1 saturated carbocycles. The Bertz CT molecular complexity index is 440. The number of ether oxygens (including phenoxy) is 2. The lowest BCUT2D eigenvalue weighted by atomic mass is 9.78. The first-order valence-corrected chi connectivity index (χ1v) is 7.71. The van der Waals surface area contributed by atoms with Gasteiger partial charge in [0.15, 0.2) is 0 Å². The summed E-state index contributed by atoms with van der Waals surface area (Å²) >= 11 is 6.56. The van der Waals surface area contributed by atoms with Crippen LogP contribution in [0.1, 0.15) is 42.7 Å². The summed E-state index contributed by atoms with van der Waals surface area (Å²) in [7, 11) is 0. The first-order chi connectivity index (χ1) is 9.26. The first-order valence-electron chi connectivity index (χ1n) is 7.27. The van der Waals surface area contributed by atoms with Crippen molar-refractivity contribution in [1.82, 2.24) is 0 Å². The summed E-state index contributed by atoms with van der Waals surface area (Å²) in [6, 6.07) is 6.40. The highest BCUT2D eigenvalue weighted by atomic mass is 35.5. The van der Waals surface area contributed by atoms with E-state index >= 15 is 0 Å². The van der Waals surface area contributed by atoms with Crippen LogP contribution in [0.2, 0.25) is 0 Å². The molecule has 2 nitrogen and oxygen atoms in total. The Morgan fingerprint density at radius 3 is 3.05 bits per heavy atom. The predicted octanol–water partition coefficient (Wildman–Crippen LogP) is 4.11. The van der Waals surface area contributed by atoms with Crippen molar-refractivity contribution in [2.45, 2.75) is 44.1 Å². The molecule has 2 aliphatic rings. The maximum Gasteiger partial charge on any atom is 0.122 e. The average Bonchev–Trinajstić information content (AvgIpc) is 2.83. The van der Waals surface area contributed by atoms with E-state index in [1.54, 1.807) is 0 Å². The van der Waals surface area contributed by atoms with Gasteiger partial charge in [-0.15, -0.1) is 11.6 Å². The van der Waals surface area contributed by atoms with E-state index in [0.717, 1.165) is 37.7 Å². The highest BCUT2D eigenvalue weighted by Crippen LogP contribution is 2.40. The summed E-state index contributed by atoms with van der Waals surface area (Å²) in [5.41, 5.74) is 2.55. The van der Waals surface area contributed by atoms with Crippen molar-refractivity contribution in [2.24, 2.45) is 5.92 Å². The van der Waals surface area contributed by atoms with E-state index in [4.69, 9.17) is 21.1 Å². The van der Waals surface area contributed by atoms with Crippen LogP contribution in [0, 0.1) is 5.92 Å². The second kappa shape index (κ2) is 5.72. The number of halogens is 1. The average molecular weight is 281 g/mol. The van der Waals surface area contributed by atoms with Gasteiger partial charge in [-0.1, -0.05) is 12.1 Å². The quantitative estimate of drug-likeness (QED) is 0.756. The van der Waals surface area contributed by atoms with Gasteiger partial charge >= 0.3 is 0 Å². The van der Waals surface area contributed by atoms with Gasteiger partial charge in [-0.3, -0.25) is 0 Å². The van der Waals surface area contributed by atoms with Crippen LogP contribution in [-0.4, -0.2) is 19.3 Å². The fourth-order valence-electron chi connectivity index (χ4n) is 3.07. The fraction of sp³-hybridized carbons (Fsp3) is 0.625. The maximum atomic E-state index is 6.56. The molecule has 0 spiro atoms. The molecule has 1 heterocycles. The van der Waals surface area contributed by atoms with Crippen molar-refractivity contribution in [1.29, 1.82) is 0 Å². The van der Waals surface area contributed by atoms with Gasteiger partial charge < -0.3 is 9.47 Å². The molecule has 1 aromatic carbocycles. The summed E-state index contributed by atoms with van der Waals surface area (Å²) in [6.45, 7) is 3.70. The molecule has 3 heteroatoms. The van der Waals surface area contributed by atoms with Crippen molar-refractivity contribution in [2.75, 3.05) is 13.2 Å². The lowest BCUT2D eigenvalue weighted by molar-refractivity contribution is -0.0267. The third-order valence-corrected chi connectivity index (χ3v) is 4.64.